The lowest BCUT2D eigenvalue weighted by atomic mass is 10.1. The van der Waals surface area contributed by atoms with E-state index in [9.17, 15) is 4.79 Å². The summed E-state index contributed by atoms with van der Waals surface area (Å²) in [5, 5.41) is 2.94. The number of pyridine rings is 1. The number of ether oxygens (including phenoxy) is 1. The number of benzene rings is 1. The van der Waals surface area contributed by atoms with Gasteiger partial charge in [-0.25, -0.2) is 4.98 Å². The average Bonchev–Trinajstić information content (AvgIpc) is 3.25. The first-order valence-corrected chi connectivity index (χ1v) is 8.18. The normalized spacial score (nSPS) is 17.3. The molecular formula is C19H19N3O2. The molecule has 0 aliphatic carbocycles. The van der Waals surface area contributed by atoms with Crippen molar-refractivity contribution < 1.29 is 9.53 Å². The highest BCUT2D eigenvalue weighted by atomic mass is 16.5. The van der Waals surface area contributed by atoms with Gasteiger partial charge in [-0.15, -0.1) is 0 Å². The zero-order valence-corrected chi connectivity index (χ0v) is 13.5. The molecule has 3 heterocycles. The number of hydrogen-bond donors (Lipinski definition) is 1. The van der Waals surface area contributed by atoms with Gasteiger partial charge in [-0.1, -0.05) is 18.2 Å². The van der Waals surface area contributed by atoms with E-state index >= 15 is 0 Å². The van der Waals surface area contributed by atoms with Crippen molar-refractivity contribution in [3.63, 3.8) is 0 Å². The third-order valence-corrected chi connectivity index (χ3v) is 4.33. The van der Waals surface area contributed by atoms with Crippen LogP contribution in [0.2, 0.25) is 0 Å². The molecular weight excluding hydrogens is 302 g/mol. The number of anilines is 1. The quantitative estimate of drug-likeness (QED) is 0.804. The minimum absolute atomic E-state index is 0.0736. The Kier molecular flexibility index (Phi) is 3.78. The first-order valence-electron chi connectivity index (χ1n) is 8.18. The molecule has 2 aromatic heterocycles. The summed E-state index contributed by atoms with van der Waals surface area (Å²) >= 11 is 0. The lowest BCUT2D eigenvalue weighted by Crippen LogP contribution is -2.26. The van der Waals surface area contributed by atoms with Gasteiger partial charge in [0, 0.05) is 30.3 Å². The molecule has 122 valence electrons. The number of aryl methyl sites for hydroxylation is 1. The molecule has 1 aliphatic rings. The molecule has 1 fully saturated rings. The van der Waals surface area contributed by atoms with Gasteiger partial charge in [0.05, 0.1) is 5.69 Å². The molecule has 0 radical (unpaired) electrons. The lowest BCUT2D eigenvalue weighted by molar-refractivity contribution is -0.124. The standard InChI is InChI=1S/C19H19N3O2/c1-13-5-3-9-22-12-16(21-18(13)22)14-6-2-7-15(11-14)20-19(23)17-8-4-10-24-17/h2-3,5-7,9,11-12,17H,4,8,10H2,1H3,(H,20,23). The highest BCUT2D eigenvalue weighted by Gasteiger charge is 2.23. The molecule has 5 heteroatoms. The highest BCUT2D eigenvalue weighted by Crippen LogP contribution is 2.24. The topological polar surface area (TPSA) is 55.6 Å². The number of fused-ring (bicyclic) bond motifs is 1. The van der Waals surface area contributed by atoms with Crippen LogP contribution in [0.1, 0.15) is 18.4 Å². The Hall–Kier alpha value is -2.66. The van der Waals surface area contributed by atoms with Crippen molar-refractivity contribution in [3.05, 3.63) is 54.4 Å². The number of carbonyl (C=O) groups is 1. The molecule has 1 unspecified atom stereocenters. The zero-order valence-electron chi connectivity index (χ0n) is 13.5. The first-order chi connectivity index (χ1) is 11.7. The molecule has 5 nitrogen and oxygen atoms in total. The maximum atomic E-state index is 12.2. The van der Waals surface area contributed by atoms with Gasteiger partial charge < -0.3 is 14.5 Å². The first kappa shape index (κ1) is 14.9. The molecule has 1 N–H and O–H groups in total. The van der Waals surface area contributed by atoms with Crippen molar-refractivity contribution in [2.75, 3.05) is 11.9 Å². The molecule has 1 aromatic carbocycles. The van der Waals surface area contributed by atoms with Gasteiger partial charge in [0.15, 0.2) is 0 Å². The van der Waals surface area contributed by atoms with Crippen LogP contribution in [0.15, 0.2) is 48.8 Å². The van der Waals surface area contributed by atoms with Crippen molar-refractivity contribution in [1.29, 1.82) is 0 Å². The van der Waals surface area contributed by atoms with Gasteiger partial charge in [-0.3, -0.25) is 4.79 Å². The van der Waals surface area contributed by atoms with Crippen molar-refractivity contribution in [2.24, 2.45) is 0 Å². The predicted octanol–water partition coefficient (Wildman–Crippen LogP) is 3.43. The van der Waals surface area contributed by atoms with Crippen LogP contribution in [0.5, 0.6) is 0 Å². The number of hydrogen-bond acceptors (Lipinski definition) is 3. The SMILES string of the molecule is Cc1cccn2cc(-c3cccc(NC(=O)C4CCCO4)c3)nc12. The Morgan fingerprint density at radius 2 is 2.25 bits per heavy atom. The van der Waals surface area contributed by atoms with Crippen LogP contribution in [0.3, 0.4) is 0 Å². The Bertz CT molecular complexity index is 895. The molecule has 1 amide bonds. The number of aromatic nitrogens is 2. The maximum Gasteiger partial charge on any atom is 0.253 e. The monoisotopic (exact) mass is 321 g/mol. The van der Waals surface area contributed by atoms with E-state index in [2.05, 4.69) is 5.32 Å². The second-order valence-electron chi connectivity index (χ2n) is 6.12. The van der Waals surface area contributed by atoms with Crippen LogP contribution in [0.4, 0.5) is 5.69 Å². The fourth-order valence-corrected chi connectivity index (χ4v) is 3.06. The zero-order chi connectivity index (χ0) is 16.5. The van der Waals surface area contributed by atoms with E-state index in [0.29, 0.717) is 6.61 Å². The Labute approximate surface area is 140 Å². The van der Waals surface area contributed by atoms with E-state index < -0.39 is 0 Å². The summed E-state index contributed by atoms with van der Waals surface area (Å²) in [5.41, 5.74) is 4.70. The van der Waals surface area contributed by atoms with Gasteiger partial charge >= 0.3 is 0 Å². The molecule has 3 aromatic rings. The minimum Gasteiger partial charge on any atom is -0.368 e. The smallest absolute Gasteiger partial charge is 0.253 e. The summed E-state index contributed by atoms with van der Waals surface area (Å²) in [6, 6.07) is 11.8. The van der Waals surface area contributed by atoms with E-state index in [1.54, 1.807) is 0 Å². The number of imidazole rings is 1. The van der Waals surface area contributed by atoms with Gasteiger partial charge in [-0.05, 0) is 43.5 Å². The number of carbonyl (C=O) groups excluding carboxylic acids is 1. The summed E-state index contributed by atoms with van der Waals surface area (Å²) in [7, 11) is 0. The Balaban J connectivity index is 1.61. The summed E-state index contributed by atoms with van der Waals surface area (Å²) in [5.74, 6) is -0.0736. The van der Waals surface area contributed by atoms with Gasteiger partial charge in [0.1, 0.15) is 11.8 Å². The van der Waals surface area contributed by atoms with Gasteiger partial charge in [-0.2, -0.15) is 0 Å². The van der Waals surface area contributed by atoms with Crippen LogP contribution >= 0.6 is 0 Å². The van der Waals surface area contributed by atoms with Crippen LogP contribution in [0, 0.1) is 6.92 Å². The second-order valence-corrected chi connectivity index (χ2v) is 6.12. The van der Waals surface area contributed by atoms with E-state index in [4.69, 9.17) is 9.72 Å². The molecule has 0 spiro atoms. The molecule has 0 saturated carbocycles. The van der Waals surface area contributed by atoms with Crippen molar-refractivity contribution in [1.82, 2.24) is 9.38 Å². The average molecular weight is 321 g/mol. The summed E-state index contributed by atoms with van der Waals surface area (Å²) in [4.78, 5) is 16.9. The fraction of sp³-hybridized carbons (Fsp3) is 0.263. The van der Waals surface area contributed by atoms with Crippen LogP contribution in [-0.2, 0) is 9.53 Å². The van der Waals surface area contributed by atoms with Crippen molar-refractivity contribution in [3.8, 4) is 11.3 Å². The number of nitrogens with zero attached hydrogens (tertiary/aromatic N) is 2. The van der Waals surface area contributed by atoms with E-state index in [0.717, 1.165) is 41.0 Å². The van der Waals surface area contributed by atoms with Crippen LogP contribution in [0.25, 0.3) is 16.9 Å². The fourth-order valence-electron chi connectivity index (χ4n) is 3.06. The summed E-state index contributed by atoms with van der Waals surface area (Å²) in [6.45, 7) is 2.71. The number of amides is 1. The van der Waals surface area contributed by atoms with Crippen molar-refractivity contribution >= 4 is 17.2 Å². The third-order valence-electron chi connectivity index (χ3n) is 4.33. The maximum absolute atomic E-state index is 12.2. The van der Waals surface area contributed by atoms with Crippen LogP contribution in [-0.4, -0.2) is 28.0 Å². The summed E-state index contributed by atoms with van der Waals surface area (Å²) < 4.78 is 7.44. The second kappa shape index (κ2) is 6.09. The molecule has 1 saturated heterocycles. The lowest BCUT2D eigenvalue weighted by Gasteiger charge is -2.11. The van der Waals surface area contributed by atoms with E-state index in [1.807, 2.05) is 60.1 Å². The molecule has 4 rings (SSSR count). The predicted molar refractivity (Wildman–Crippen MR) is 93.0 cm³/mol. The Morgan fingerprint density at radius 1 is 1.33 bits per heavy atom. The van der Waals surface area contributed by atoms with Gasteiger partial charge in [0.25, 0.3) is 5.91 Å². The molecule has 0 bridgehead atoms. The van der Waals surface area contributed by atoms with E-state index in [1.165, 1.54) is 0 Å². The number of rotatable bonds is 3. The van der Waals surface area contributed by atoms with E-state index in [-0.39, 0.29) is 12.0 Å². The van der Waals surface area contributed by atoms with Gasteiger partial charge in [0.2, 0.25) is 0 Å². The molecule has 24 heavy (non-hydrogen) atoms. The third kappa shape index (κ3) is 2.78. The summed E-state index contributed by atoms with van der Waals surface area (Å²) in [6.07, 6.45) is 5.40. The largest absolute Gasteiger partial charge is 0.368 e. The highest BCUT2D eigenvalue weighted by molar-refractivity contribution is 5.94. The molecule has 1 atom stereocenters. The molecule has 1 aliphatic heterocycles. The Morgan fingerprint density at radius 3 is 3.04 bits per heavy atom. The minimum atomic E-state index is -0.327. The van der Waals surface area contributed by atoms with Crippen molar-refractivity contribution in [2.45, 2.75) is 25.9 Å². The number of nitrogens with one attached hydrogen (secondary N) is 1. The van der Waals surface area contributed by atoms with Crippen LogP contribution < -0.4 is 5.32 Å².